The molecule has 0 aliphatic carbocycles. The molecule has 0 radical (unpaired) electrons. The molecule has 0 saturated carbocycles. The van der Waals surface area contributed by atoms with Crippen LogP contribution in [0.1, 0.15) is 42.1 Å². The molecule has 2 saturated heterocycles. The van der Waals surface area contributed by atoms with Gasteiger partial charge in [-0.05, 0) is 38.7 Å². The zero-order valence-corrected chi connectivity index (χ0v) is 13.1. The molecule has 0 spiro atoms. The molecule has 3 amide bonds. The Kier molecular flexibility index (Phi) is 3.91. The molecular formula is C17H22N2O3. The van der Waals surface area contributed by atoms with Crippen LogP contribution in [0, 0.1) is 13.8 Å². The maximum Gasteiger partial charge on any atom is 0.327 e. The van der Waals surface area contributed by atoms with Gasteiger partial charge in [-0.25, -0.2) is 4.79 Å². The van der Waals surface area contributed by atoms with Crippen molar-refractivity contribution in [1.82, 2.24) is 9.80 Å². The summed E-state index contributed by atoms with van der Waals surface area (Å²) in [5.74, 6) is -0.159. The van der Waals surface area contributed by atoms with Crippen LogP contribution in [0.5, 0.6) is 0 Å². The van der Waals surface area contributed by atoms with Crippen molar-refractivity contribution in [3.05, 3.63) is 34.9 Å². The van der Waals surface area contributed by atoms with E-state index in [1.54, 1.807) is 4.90 Å². The molecule has 5 heteroatoms. The standard InChI is InChI=1S/C17H22N2O3/c1-11-7-12(2)9-13(8-11)15(20)10-19-16(21)14-5-3-4-6-18(14)17(19)22/h7-9,14-15,20H,3-6,10H2,1-2H3. The number of amides is 3. The van der Waals surface area contributed by atoms with Crippen molar-refractivity contribution >= 4 is 11.9 Å². The number of fused-ring (bicyclic) bond motifs is 1. The second-order valence-electron chi connectivity index (χ2n) is 6.37. The van der Waals surface area contributed by atoms with E-state index in [-0.39, 0.29) is 24.5 Å². The first-order valence-electron chi connectivity index (χ1n) is 7.85. The van der Waals surface area contributed by atoms with E-state index in [2.05, 4.69) is 0 Å². The Morgan fingerprint density at radius 2 is 1.86 bits per heavy atom. The van der Waals surface area contributed by atoms with Crippen molar-refractivity contribution in [2.75, 3.05) is 13.1 Å². The Morgan fingerprint density at radius 3 is 2.50 bits per heavy atom. The zero-order valence-electron chi connectivity index (χ0n) is 13.1. The van der Waals surface area contributed by atoms with Gasteiger partial charge in [0, 0.05) is 6.54 Å². The summed E-state index contributed by atoms with van der Waals surface area (Å²) in [5, 5.41) is 10.4. The first kappa shape index (κ1) is 15.0. The van der Waals surface area contributed by atoms with E-state index < -0.39 is 6.10 Å². The highest BCUT2D eigenvalue weighted by Gasteiger charge is 2.46. The maximum absolute atomic E-state index is 12.4. The van der Waals surface area contributed by atoms with E-state index in [0.717, 1.165) is 36.0 Å². The SMILES string of the molecule is Cc1cc(C)cc(C(O)CN2C(=O)C3CCCCN3C2=O)c1. The maximum atomic E-state index is 12.4. The lowest BCUT2D eigenvalue weighted by Gasteiger charge is -2.26. The highest BCUT2D eigenvalue weighted by atomic mass is 16.3. The topological polar surface area (TPSA) is 60.9 Å². The van der Waals surface area contributed by atoms with Gasteiger partial charge < -0.3 is 10.0 Å². The van der Waals surface area contributed by atoms with Crippen molar-refractivity contribution in [3.63, 3.8) is 0 Å². The quantitative estimate of drug-likeness (QED) is 0.870. The van der Waals surface area contributed by atoms with Gasteiger partial charge in [0.1, 0.15) is 6.04 Å². The number of benzene rings is 1. The number of aliphatic hydroxyl groups excluding tert-OH is 1. The molecule has 0 aromatic heterocycles. The average Bonchev–Trinajstić information content (AvgIpc) is 2.72. The molecule has 2 aliphatic rings. The summed E-state index contributed by atoms with van der Waals surface area (Å²) < 4.78 is 0. The van der Waals surface area contributed by atoms with Gasteiger partial charge in [-0.2, -0.15) is 0 Å². The number of urea groups is 1. The number of hydrogen-bond acceptors (Lipinski definition) is 3. The molecule has 118 valence electrons. The fourth-order valence-corrected chi connectivity index (χ4v) is 3.50. The highest BCUT2D eigenvalue weighted by Crippen LogP contribution is 2.28. The number of rotatable bonds is 3. The normalized spacial score (nSPS) is 23.0. The third kappa shape index (κ3) is 2.61. The van der Waals surface area contributed by atoms with E-state index in [4.69, 9.17) is 0 Å². The zero-order chi connectivity index (χ0) is 15.9. The fourth-order valence-electron chi connectivity index (χ4n) is 3.50. The number of imide groups is 1. The first-order chi connectivity index (χ1) is 10.5. The number of piperidine rings is 1. The summed E-state index contributed by atoms with van der Waals surface area (Å²) >= 11 is 0. The summed E-state index contributed by atoms with van der Waals surface area (Å²) in [4.78, 5) is 27.6. The molecule has 0 bridgehead atoms. The minimum Gasteiger partial charge on any atom is -0.387 e. The lowest BCUT2D eigenvalue weighted by molar-refractivity contribution is -0.129. The summed E-state index contributed by atoms with van der Waals surface area (Å²) in [5.41, 5.74) is 2.87. The summed E-state index contributed by atoms with van der Waals surface area (Å²) in [6.45, 7) is 4.62. The van der Waals surface area contributed by atoms with E-state index in [9.17, 15) is 14.7 Å². The Balaban J connectivity index is 1.77. The lowest BCUT2D eigenvalue weighted by atomic mass is 10.0. The van der Waals surface area contributed by atoms with Crippen molar-refractivity contribution in [2.24, 2.45) is 0 Å². The Hall–Kier alpha value is -1.88. The van der Waals surface area contributed by atoms with Crippen molar-refractivity contribution in [3.8, 4) is 0 Å². The average molecular weight is 302 g/mol. The molecule has 1 N–H and O–H groups in total. The molecule has 1 aromatic carbocycles. The molecule has 2 aliphatic heterocycles. The highest BCUT2D eigenvalue weighted by molar-refractivity contribution is 6.04. The third-order valence-electron chi connectivity index (χ3n) is 4.51. The van der Waals surface area contributed by atoms with Crippen LogP contribution < -0.4 is 0 Å². The molecule has 1 aromatic rings. The number of carbonyl (C=O) groups is 2. The van der Waals surface area contributed by atoms with Crippen LogP contribution in [0.2, 0.25) is 0 Å². The van der Waals surface area contributed by atoms with Crippen LogP contribution in [0.25, 0.3) is 0 Å². The second kappa shape index (κ2) is 5.72. The predicted octanol–water partition coefficient (Wildman–Crippen LogP) is 2.15. The first-order valence-corrected chi connectivity index (χ1v) is 7.85. The summed E-state index contributed by atoms with van der Waals surface area (Å²) in [6.07, 6.45) is 1.82. The van der Waals surface area contributed by atoms with Crippen LogP contribution in [-0.2, 0) is 4.79 Å². The van der Waals surface area contributed by atoms with Crippen LogP contribution in [0.3, 0.4) is 0 Å². The number of carbonyl (C=O) groups excluding carboxylic acids is 2. The van der Waals surface area contributed by atoms with Gasteiger partial charge in [0.05, 0.1) is 12.6 Å². The van der Waals surface area contributed by atoms with Crippen LogP contribution >= 0.6 is 0 Å². The van der Waals surface area contributed by atoms with Crippen LogP contribution in [0.15, 0.2) is 18.2 Å². The van der Waals surface area contributed by atoms with Gasteiger partial charge in [-0.3, -0.25) is 9.69 Å². The molecule has 22 heavy (non-hydrogen) atoms. The molecule has 2 fully saturated rings. The molecule has 2 heterocycles. The Morgan fingerprint density at radius 1 is 1.18 bits per heavy atom. The minimum atomic E-state index is -0.840. The van der Waals surface area contributed by atoms with Crippen LogP contribution in [-0.4, -0.2) is 46.0 Å². The number of nitrogens with zero attached hydrogens (tertiary/aromatic N) is 2. The van der Waals surface area contributed by atoms with E-state index in [1.807, 2.05) is 32.0 Å². The lowest BCUT2D eigenvalue weighted by Crippen LogP contribution is -2.39. The molecule has 2 atom stereocenters. The number of aryl methyl sites for hydroxylation is 2. The van der Waals surface area contributed by atoms with E-state index in [0.29, 0.717) is 6.54 Å². The second-order valence-corrected chi connectivity index (χ2v) is 6.37. The Bertz CT molecular complexity index is 570. The molecule has 2 unspecified atom stereocenters. The molecule has 3 rings (SSSR count). The van der Waals surface area contributed by atoms with Gasteiger partial charge in [0.25, 0.3) is 5.91 Å². The third-order valence-corrected chi connectivity index (χ3v) is 4.51. The number of hydrogen-bond donors (Lipinski definition) is 1. The van der Waals surface area contributed by atoms with Crippen molar-refractivity contribution in [2.45, 2.75) is 45.3 Å². The van der Waals surface area contributed by atoms with Gasteiger partial charge >= 0.3 is 6.03 Å². The van der Waals surface area contributed by atoms with Gasteiger partial charge in [-0.1, -0.05) is 29.3 Å². The van der Waals surface area contributed by atoms with Crippen molar-refractivity contribution < 1.29 is 14.7 Å². The largest absolute Gasteiger partial charge is 0.387 e. The van der Waals surface area contributed by atoms with E-state index in [1.165, 1.54) is 4.90 Å². The predicted molar refractivity (Wildman–Crippen MR) is 82.3 cm³/mol. The van der Waals surface area contributed by atoms with Crippen LogP contribution in [0.4, 0.5) is 4.79 Å². The smallest absolute Gasteiger partial charge is 0.327 e. The number of β-amino-alcohol motifs (C(OH)–C–C–N with tert-alkyl or cyclic N) is 1. The molecule has 5 nitrogen and oxygen atoms in total. The fraction of sp³-hybridized carbons (Fsp3) is 0.529. The number of aliphatic hydroxyl groups is 1. The summed E-state index contributed by atoms with van der Waals surface area (Å²) in [6, 6.07) is 5.26. The van der Waals surface area contributed by atoms with Gasteiger partial charge in [-0.15, -0.1) is 0 Å². The van der Waals surface area contributed by atoms with Crippen molar-refractivity contribution in [1.29, 1.82) is 0 Å². The minimum absolute atomic E-state index is 0.0353. The summed E-state index contributed by atoms with van der Waals surface area (Å²) in [7, 11) is 0. The Labute approximate surface area is 130 Å². The molecular weight excluding hydrogens is 280 g/mol. The monoisotopic (exact) mass is 302 g/mol. The van der Waals surface area contributed by atoms with E-state index >= 15 is 0 Å². The van der Waals surface area contributed by atoms with Gasteiger partial charge in [0.15, 0.2) is 0 Å². The van der Waals surface area contributed by atoms with Gasteiger partial charge in [0.2, 0.25) is 0 Å².